The fourth-order valence-electron chi connectivity index (χ4n) is 1.29. The van der Waals surface area contributed by atoms with Crippen LogP contribution in [0.2, 0.25) is 0 Å². The Morgan fingerprint density at radius 3 is 2.77 bits per heavy atom. The molecule has 0 saturated heterocycles. The first-order chi connectivity index (χ1) is 6.09. The van der Waals surface area contributed by atoms with Crippen molar-refractivity contribution in [1.29, 1.82) is 0 Å². The van der Waals surface area contributed by atoms with E-state index in [0.29, 0.717) is 12.1 Å². The second-order valence-electron chi connectivity index (χ2n) is 3.24. The highest BCUT2D eigenvalue weighted by Gasteiger charge is 2.08. The Bertz CT molecular complexity index is 310. The van der Waals surface area contributed by atoms with Crippen molar-refractivity contribution in [2.24, 2.45) is 5.73 Å². The van der Waals surface area contributed by atoms with Crippen LogP contribution in [0, 0.1) is 0 Å². The Labute approximate surface area is 77.7 Å². The number of hydrogen-bond donors (Lipinski definition) is 2. The summed E-state index contributed by atoms with van der Waals surface area (Å²) in [5.74, 6) is -0.143. The molecule has 0 aliphatic heterocycles. The molecule has 1 atom stereocenters. The minimum absolute atomic E-state index is 0.140. The molecule has 13 heavy (non-hydrogen) atoms. The molecule has 0 aromatic heterocycles. The molecule has 1 amide bonds. The predicted octanol–water partition coefficient (Wildman–Crippen LogP) is 1.25. The highest BCUT2D eigenvalue weighted by molar-refractivity contribution is 5.74. The number of anilines is 1. The topological polar surface area (TPSA) is 69.1 Å². The lowest BCUT2D eigenvalue weighted by molar-refractivity contribution is -0.118. The number of benzene rings is 1. The predicted molar refractivity (Wildman–Crippen MR) is 53.1 cm³/mol. The van der Waals surface area contributed by atoms with Crippen molar-refractivity contribution in [3.63, 3.8) is 0 Å². The number of rotatable bonds is 3. The molecule has 0 bridgehead atoms. The number of carbonyl (C=O) groups excluding carboxylic acids is 1. The van der Waals surface area contributed by atoms with Crippen molar-refractivity contribution in [1.82, 2.24) is 0 Å². The van der Waals surface area contributed by atoms with Gasteiger partial charge in [0.05, 0.1) is 0 Å². The summed E-state index contributed by atoms with van der Waals surface area (Å²) in [6, 6.07) is 7.51. The number of hydrogen-bond acceptors (Lipinski definition) is 2. The Kier molecular flexibility index (Phi) is 2.90. The van der Waals surface area contributed by atoms with Crippen molar-refractivity contribution >= 4 is 11.6 Å². The summed E-state index contributed by atoms with van der Waals surface area (Å²) in [7, 11) is 0. The van der Waals surface area contributed by atoms with Gasteiger partial charge in [0.2, 0.25) is 5.91 Å². The van der Waals surface area contributed by atoms with Gasteiger partial charge in [-0.15, -0.1) is 0 Å². The van der Waals surface area contributed by atoms with Gasteiger partial charge >= 0.3 is 0 Å². The van der Waals surface area contributed by atoms with Gasteiger partial charge in [0, 0.05) is 12.1 Å². The molecule has 1 aromatic carbocycles. The average molecular weight is 178 g/mol. The summed E-state index contributed by atoms with van der Waals surface area (Å²) in [5.41, 5.74) is 12.5. The highest BCUT2D eigenvalue weighted by Crippen LogP contribution is 2.20. The molecular weight excluding hydrogens is 164 g/mol. The van der Waals surface area contributed by atoms with Crippen LogP contribution in [0.15, 0.2) is 24.3 Å². The van der Waals surface area contributed by atoms with E-state index in [2.05, 4.69) is 0 Å². The van der Waals surface area contributed by atoms with Gasteiger partial charge in [-0.05, 0) is 23.6 Å². The zero-order chi connectivity index (χ0) is 9.84. The van der Waals surface area contributed by atoms with Gasteiger partial charge in [-0.1, -0.05) is 19.1 Å². The first-order valence-electron chi connectivity index (χ1n) is 4.23. The third kappa shape index (κ3) is 2.78. The van der Waals surface area contributed by atoms with Crippen LogP contribution in [0.4, 0.5) is 5.69 Å². The zero-order valence-electron chi connectivity index (χ0n) is 7.66. The lowest BCUT2D eigenvalue weighted by Crippen LogP contribution is -2.13. The molecule has 0 spiro atoms. The van der Waals surface area contributed by atoms with E-state index in [0.717, 1.165) is 5.56 Å². The van der Waals surface area contributed by atoms with Crippen LogP contribution in [0.5, 0.6) is 0 Å². The summed E-state index contributed by atoms with van der Waals surface area (Å²) in [6.07, 6.45) is 0.365. The Morgan fingerprint density at radius 1 is 1.54 bits per heavy atom. The van der Waals surface area contributed by atoms with E-state index >= 15 is 0 Å². The van der Waals surface area contributed by atoms with Gasteiger partial charge in [-0.3, -0.25) is 4.79 Å². The molecule has 0 saturated carbocycles. The molecule has 0 fully saturated rings. The summed E-state index contributed by atoms with van der Waals surface area (Å²) < 4.78 is 0. The van der Waals surface area contributed by atoms with Crippen LogP contribution in [-0.4, -0.2) is 5.91 Å². The minimum atomic E-state index is -0.282. The largest absolute Gasteiger partial charge is 0.399 e. The summed E-state index contributed by atoms with van der Waals surface area (Å²) in [5, 5.41) is 0. The van der Waals surface area contributed by atoms with E-state index < -0.39 is 0 Å². The SMILES string of the molecule is CC(CC(N)=O)c1cccc(N)c1. The first kappa shape index (κ1) is 9.58. The number of primary amides is 1. The monoisotopic (exact) mass is 178 g/mol. The molecule has 0 radical (unpaired) electrons. The smallest absolute Gasteiger partial charge is 0.218 e. The molecule has 0 aliphatic carbocycles. The van der Waals surface area contributed by atoms with E-state index in [4.69, 9.17) is 11.5 Å². The molecule has 70 valence electrons. The van der Waals surface area contributed by atoms with E-state index in [1.165, 1.54) is 0 Å². The van der Waals surface area contributed by atoms with E-state index in [1.54, 1.807) is 0 Å². The average Bonchev–Trinajstić information content (AvgIpc) is 2.03. The van der Waals surface area contributed by atoms with Crippen molar-refractivity contribution in [2.45, 2.75) is 19.3 Å². The molecule has 1 rings (SSSR count). The summed E-state index contributed by atoms with van der Waals surface area (Å²) in [4.78, 5) is 10.7. The maximum atomic E-state index is 10.7. The van der Waals surface area contributed by atoms with E-state index in [9.17, 15) is 4.79 Å². The van der Waals surface area contributed by atoms with Gasteiger partial charge in [-0.2, -0.15) is 0 Å². The molecule has 4 N–H and O–H groups in total. The zero-order valence-corrected chi connectivity index (χ0v) is 7.66. The summed E-state index contributed by atoms with van der Waals surface area (Å²) in [6.45, 7) is 1.96. The fourth-order valence-corrected chi connectivity index (χ4v) is 1.29. The van der Waals surface area contributed by atoms with Crippen molar-refractivity contribution < 1.29 is 4.79 Å². The molecule has 1 aromatic rings. The van der Waals surface area contributed by atoms with Gasteiger partial charge < -0.3 is 11.5 Å². The first-order valence-corrected chi connectivity index (χ1v) is 4.23. The maximum Gasteiger partial charge on any atom is 0.218 e. The molecule has 0 heterocycles. The fraction of sp³-hybridized carbons (Fsp3) is 0.300. The lowest BCUT2D eigenvalue weighted by atomic mass is 9.97. The van der Waals surface area contributed by atoms with E-state index in [-0.39, 0.29) is 11.8 Å². The highest BCUT2D eigenvalue weighted by atomic mass is 16.1. The van der Waals surface area contributed by atoms with Crippen LogP contribution in [0.3, 0.4) is 0 Å². The molecule has 0 aliphatic rings. The van der Waals surface area contributed by atoms with Gasteiger partial charge in [0.15, 0.2) is 0 Å². The van der Waals surface area contributed by atoms with Crippen LogP contribution in [0.25, 0.3) is 0 Å². The third-order valence-electron chi connectivity index (χ3n) is 1.99. The number of carbonyl (C=O) groups is 1. The number of amides is 1. The third-order valence-corrected chi connectivity index (χ3v) is 1.99. The second kappa shape index (κ2) is 3.94. The van der Waals surface area contributed by atoms with Crippen LogP contribution >= 0.6 is 0 Å². The van der Waals surface area contributed by atoms with Crippen molar-refractivity contribution in [3.05, 3.63) is 29.8 Å². The summed E-state index contributed by atoms with van der Waals surface area (Å²) >= 11 is 0. The molecular formula is C10H14N2O. The Hall–Kier alpha value is -1.51. The quantitative estimate of drug-likeness (QED) is 0.684. The molecule has 1 unspecified atom stereocenters. The Balaban J connectivity index is 2.76. The van der Waals surface area contributed by atoms with Gasteiger partial charge in [0.1, 0.15) is 0 Å². The van der Waals surface area contributed by atoms with Crippen LogP contribution in [0.1, 0.15) is 24.8 Å². The minimum Gasteiger partial charge on any atom is -0.399 e. The lowest BCUT2D eigenvalue weighted by Gasteiger charge is -2.09. The second-order valence-corrected chi connectivity index (χ2v) is 3.24. The number of nitrogens with two attached hydrogens (primary N) is 2. The standard InChI is InChI=1S/C10H14N2O/c1-7(5-10(12)13)8-3-2-4-9(11)6-8/h2-4,6-7H,5,11H2,1H3,(H2,12,13). The van der Waals surface area contributed by atoms with Crippen molar-refractivity contribution in [3.8, 4) is 0 Å². The van der Waals surface area contributed by atoms with E-state index in [1.807, 2.05) is 31.2 Å². The van der Waals surface area contributed by atoms with Crippen LogP contribution in [-0.2, 0) is 4.79 Å². The maximum absolute atomic E-state index is 10.7. The molecule has 3 nitrogen and oxygen atoms in total. The molecule has 3 heteroatoms. The van der Waals surface area contributed by atoms with Crippen molar-refractivity contribution in [2.75, 3.05) is 5.73 Å². The van der Waals surface area contributed by atoms with Crippen LogP contribution < -0.4 is 11.5 Å². The Morgan fingerprint density at radius 2 is 2.23 bits per heavy atom. The normalized spacial score (nSPS) is 12.4. The number of nitrogen functional groups attached to an aromatic ring is 1. The van der Waals surface area contributed by atoms with Gasteiger partial charge in [0.25, 0.3) is 0 Å². The van der Waals surface area contributed by atoms with Gasteiger partial charge in [-0.25, -0.2) is 0 Å².